The van der Waals surface area contributed by atoms with Crippen LogP contribution in [0.3, 0.4) is 0 Å². The summed E-state index contributed by atoms with van der Waals surface area (Å²) in [5.74, 6) is 1.58. The Labute approximate surface area is 93.6 Å². The molecule has 0 atom stereocenters. The number of nitrogens with zero attached hydrogens (tertiary/aromatic N) is 2. The summed E-state index contributed by atoms with van der Waals surface area (Å²) in [6.45, 7) is 7.42. The average Bonchev–Trinajstić information content (AvgIpc) is 2.58. The van der Waals surface area contributed by atoms with E-state index in [9.17, 15) is 0 Å². The van der Waals surface area contributed by atoms with Crippen LogP contribution in [0.4, 0.5) is 5.82 Å². The van der Waals surface area contributed by atoms with Crippen molar-refractivity contribution in [3.8, 4) is 0 Å². The van der Waals surface area contributed by atoms with E-state index in [0.29, 0.717) is 5.92 Å². The normalized spacial score (nSPS) is 11.2. The van der Waals surface area contributed by atoms with Crippen molar-refractivity contribution in [3.05, 3.63) is 17.3 Å². The molecule has 0 bridgehead atoms. The molecule has 2 heterocycles. The Hall–Kier alpha value is -1.16. The number of rotatable bonds is 3. The van der Waals surface area contributed by atoms with E-state index in [2.05, 4.69) is 41.4 Å². The summed E-state index contributed by atoms with van der Waals surface area (Å²) in [6, 6.07) is 0. The van der Waals surface area contributed by atoms with Gasteiger partial charge in [0.25, 0.3) is 0 Å². The first kappa shape index (κ1) is 10.4. The lowest BCUT2D eigenvalue weighted by atomic mass is 10.2. The van der Waals surface area contributed by atoms with Crippen molar-refractivity contribution in [2.45, 2.75) is 20.8 Å². The molecule has 2 rings (SSSR count). The van der Waals surface area contributed by atoms with Gasteiger partial charge >= 0.3 is 0 Å². The molecule has 0 aliphatic heterocycles. The van der Waals surface area contributed by atoms with E-state index < -0.39 is 0 Å². The van der Waals surface area contributed by atoms with Crippen LogP contribution < -0.4 is 5.32 Å². The highest BCUT2D eigenvalue weighted by Crippen LogP contribution is 2.28. The maximum absolute atomic E-state index is 4.30. The fourth-order valence-corrected chi connectivity index (χ4v) is 2.34. The average molecular weight is 221 g/mol. The summed E-state index contributed by atoms with van der Waals surface area (Å²) in [7, 11) is 0. The molecular formula is C11H15N3S. The molecule has 0 aliphatic carbocycles. The maximum atomic E-state index is 4.30. The molecule has 1 N–H and O–H groups in total. The minimum absolute atomic E-state index is 0.619. The Morgan fingerprint density at radius 3 is 2.93 bits per heavy atom. The predicted octanol–water partition coefficient (Wildman–Crippen LogP) is 3.07. The third kappa shape index (κ3) is 2.09. The van der Waals surface area contributed by atoms with Gasteiger partial charge in [-0.2, -0.15) is 0 Å². The molecule has 0 saturated heterocycles. The van der Waals surface area contributed by atoms with Gasteiger partial charge in [0.05, 0.1) is 5.39 Å². The van der Waals surface area contributed by atoms with Gasteiger partial charge in [-0.15, -0.1) is 11.3 Å². The standard InChI is InChI=1S/C11H15N3S/c1-7(2)4-12-10-9-8(3)5-15-11(9)14-6-13-10/h5-7H,4H2,1-3H3,(H,12,13,14). The van der Waals surface area contributed by atoms with Crippen LogP contribution in [-0.4, -0.2) is 16.5 Å². The molecule has 0 saturated carbocycles. The van der Waals surface area contributed by atoms with Crippen molar-refractivity contribution in [1.82, 2.24) is 9.97 Å². The minimum Gasteiger partial charge on any atom is -0.369 e. The number of hydrogen-bond donors (Lipinski definition) is 1. The molecule has 4 heteroatoms. The first-order chi connectivity index (χ1) is 7.18. The molecule has 0 spiro atoms. The van der Waals surface area contributed by atoms with E-state index in [1.54, 1.807) is 17.7 Å². The number of nitrogens with one attached hydrogen (secondary N) is 1. The van der Waals surface area contributed by atoms with Gasteiger partial charge in [-0.05, 0) is 23.8 Å². The van der Waals surface area contributed by atoms with Gasteiger partial charge in [-0.1, -0.05) is 13.8 Å². The topological polar surface area (TPSA) is 37.8 Å². The van der Waals surface area contributed by atoms with Crippen LogP contribution >= 0.6 is 11.3 Å². The third-order valence-electron chi connectivity index (χ3n) is 2.23. The Bertz CT molecular complexity index is 462. The third-order valence-corrected chi connectivity index (χ3v) is 3.24. The van der Waals surface area contributed by atoms with Gasteiger partial charge in [-0.25, -0.2) is 9.97 Å². The molecule has 80 valence electrons. The molecule has 0 radical (unpaired) electrons. The number of anilines is 1. The zero-order valence-electron chi connectivity index (χ0n) is 9.24. The van der Waals surface area contributed by atoms with Gasteiger partial charge in [0.15, 0.2) is 0 Å². The van der Waals surface area contributed by atoms with E-state index in [4.69, 9.17) is 0 Å². The number of thiophene rings is 1. The van der Waals surface area contributed by atoms with Crippen LogP contribution in [0.25, 0.3) is 10.2 Å². The smallest absolute Gasteiger partial charge is 0.138 e. The highest BCUT2D eigenvalue weighted by molar-refractivity contribution is 7.17. The molecule has 3 nitrogen and oxygen atoms in total. The Morgan fingerprint density at radius 2 is 2.20 bits per heavy atom. The summed E-state index contributed by atoms with van der Waals surface area (Å²) < 4.78 is 0. The summed E-state index contributed by atoms with van der Waals surface area (Å²) in [5.41, 5.74) is 1.25. The molecule has 2 aromatic heterocycles. The zero-order chi connectivity index (χ0) is 10.8. The predicted molar refractivity (Wildman–Crippen MR) is 65.5 cm³/mol. The molecule has 0 aromatic carbocycles. The first-order valence-electron chi connectivity index (χ1n) is 5.11. The molecule has 0 aliphatic rings. The van der Waals surface area contributed by atoms with E-state index in [1.165, 1.54) is 10.9 Å². The highest BCUT2D eigenvalue weighted by atomic mass is 32.1. The summed E-state index contributed by atoms with van der Waals surface area (Å²) >= 11 is 1.67. The van der Waals surface area contributed by atoms with Crippen molar-refractivity contribution >= 4 is 27.4 Å². The lowest BCUT2D eigenvalue weighted by molar-refractivity contribution is 0.687. The van der Waals surface area contributed by atoms with Crippen molar-refractivity contribution in [2.75, 3.05) is 11.9 Å². The second-order valence-corrected chi connectivity index (χ2v) is 4.95. The Kier molecular flexibility index (Phi) is 2.86. The van der Waals surface area contributed by atoms with Crippen LogP contribution in [0.1, 0.15) is 19.4 Å². The molecule has 15 heavy (non-hydrogen) atoms. The lowest BCUT2D eigenvalue weighted by Crippen LogP contribution is -2.09. The largest absolute Gasteiger partial charge is 0.369 e. The second kappa shape index (κ2) is 4.14. The van der Waals surface area contributed by atoms with Gasteiger partial charge in [0.2, 0.25) is 0 Å². The van der Waals surface area contributed by atoms with Crippen molar-refractivity contribution in [2.24, 2.45) is 5.92 Å². The second-order valence-electron chi connectivity index (χ2n) is 4.10. The van der Waals surface area contributed by atoms with Gasteiger partial charge in [0.1, 0.15) is 17.0 Å². The maximum Gasteiger partial charge on any atom is 0.138 e. The molecule has 0 unspecified atom stereocenters. The monoisotopic (exact) mass is 221 g/mol. The van der Waals surface area contributed by atoms with E-state index in [0.717, 1.165) is 17.2 Å². The molecule has 2 aromatic rings. The Morgan fingerprint density at radius 1 is 1.40 bits per heavy atom. The van der Waals surface area contributed by atoms with Crippen LogP contribution in [0.2, 0.25) is 0 Å². The quantitative estimate of drug-likeness (QED) is 0.865. The summed E-state index contributed by atoms with van der Waals surface area (Å²) in [4.78, 5) is 9.62. The molecule has 0 amide bonds. The SMILES string of the molecule is Cc1csc2ncnc(NCC(C)C)c12. The zero-order valence-corrected chi connectivity index (χ0v) is 10.1. The highest BCUT2D eigenvalue weighted by Gasteiger charge is 2.08. The van der Waals surface area contributed by atoms with Gasteiger partial charge in [-0.3, -0.25) is 0 Å². The number of hydrogen-bond acceptors (Lipinski definition) is 4. The number of fused-ring (bicyclic) bond motifs is 1. The summed E-state index contributed by atoms with van der Waals surface area (Å²) in [6.07, 6.45) is 1.63. The van der Waals surface area contributed by atoms with E-state index in [1.807, 2.05) is 0 Å². The van der Waals surface area contributed by atoms with Gasteiger partial charge in [0, 0.05) is 6.54 Å². The van der Waals surface area contributed by atoms with Crippen LogP contribution in [-0.2, 0) is 0 Å². The van der Waals surface area contributed by atoms with Gasteiger partial charge < -0.3 is 5.32 Å². The van der Waals surface area contributed by atoms with E-state index >= 15 is 0 Å². The fourth-order valence-electron chi connectivity index (χ4n) is 1.45. The minimum atomic E-state index is 0.619. The molecule has 0 fully saturated rings. The number of aromatic nitrogens is 2. The first-order valence-corrected chi connectivity index (χ1v) is 5.99. The van der Waals surface area contributed by atoms with Crippen molar-refractivity contribution in [1.29, 1.82) is 0 Å². The van der Waals surface area contributed by atoms with Crippen molar-refractivity contribution in [3.63, 3.8) is 0 Å². The van der Waals surface area contributed by atoms with Crippen molar-refractivity contribution < 1.29 is 0 Å². The van der Waals surface area contributed by atoms with E-state index in [-0.39, 0.29) is 0 Å². The molecular weight excluding hydrogens is 206 g/mol. The van der Waals surface area contributed by atoms with Crippen LogP contribution in [0.5, 0.6) is 0 Å². The van der Waals surface area contributed by atoms with Crippen LogP contribution in [0, 0.1) is 12.8 Å². The fraction of sp³-hybridized carbons (Fsp3) is 0.455. The number of aryl methyl sites for hydroxylation is 1. The Balaban J connectivity index is 2.37. The van der Waals surface area contributed by atoms with Crippen LogP contribution in [0.15, 0.2) is 11.7 Å². The lowest BCUT2D eigenvalue weighted by Gasteiger charge is -2.08. The summed E-state index contributed by atoms with van der Waals surface area (Å²) in [5, 5.41) is 6.66.